The van der Waals surface area contributed by atoms with E-state index < -0.39 is 11.9 Å². The van der Waals surface area contributed by atoms with Gasteiger partial charge in [0.05, 0.1) is 4.47 Å². The molecule has 0 aromatic heterocycles. The number of nitrogens with zero attached hydrogens (tertiary/aromatic N) is 1. The Kier molecular flexibility index (Phi) is 6.83. The fraction of sp³-hybridized carbons (Fsp3) is 0.190. The van der Waals surface area contributed by atoms with E-state index in [2.05, 4.69) is 26.6 Å². The Labute approximate surface area is 181 Å². The summed E-state index contributed by atoms with van der Waals surface area (Å²) in [6.45, 7) is 2.01. The van der Waals surface area contributed by atoms with Gasteiger partial charge in [-0.15, -0.1) is 0 Å². The van der Waals surface area contributed by atoms with Crippen molar-refractivity contribution in [3.63, 3.8) is 0 Å². The third kappa shape index (κ3) is 5.24. The molecule has 1 heterocycles. The summed E-state index contributed by atoms with van der Waals surface area (Å²) in [5.74, 6) is -0.716. The molecule has 0 radical (unpaired) electrons. The van der Waals surface area contributed by atoms with Crippen molar-refractivity contribution in [1.82, 2.24) is 10.2 Å². The lowest BCUT2D eigenvalue weighted by molar-refractivity contribution is -0.123. The number of halogens is 2. The SMILES string of the molecule is CCCN1C(=O)N/C(=C/c2ccc(OCC(=O)Nc3ccc(F)cc3)c(Br)c2)C1=O. The van der Waals surface area contributed by atoms with Crippen LogP contribution in [0.4, 0.5) is 14.9 Å². The lowest BCUT2D eigenvalue weighted by Gasteiger charge is -2.10. The highest BCUT2D eigenvalue weighted by Crippen LogP contribution is 2.27. The fourth-order valence-corrected chi connectivity index (χ4v) is 3.27. The van der Waals surface area contributed by atoms with Gasteiger partial charge < -0.3 is 15.4 Å². The number of imide groups is 1. The van der Waals surface area contributed by atoms with E-state index in [1.807, 2.05) is 6.92 Å². The smallest absolute Gasteiger partial charge is 0.329 e. The first-order chi connectivity index (χ1) is 14.4. The number of amides is 4. The number of anilines is 1. The summed E-state index contributed by atoms with van der Waals surface area (Å²) in [6, 6.07) is 10.0. The van der Waals surface area contributed by atoms with Gasteiger partial charge in [-0.1, -0.05) is 13.0 Å². The first-order valence-electron chi connectivity index (χ1n) is 9.19. The van der Waals surface area contributed by atoms with Gasteiger partial charge >= 0.3 is 6.03 Å². The summed E-state index contributed by atoms with van der Waals surface area (Å²) in [6.07, 6.45) is 2.25. The molecule has 2 aromatic rings. The van der Waals surface area contributed by atoms with Gasteiger partial charge in [-0.2, -0.15) is 0 Å². The van der Waals surface area contributed by atoms with E-state index in [4.69, 9.17) is 4.74 Å². The molecule has 1 fully saturated rings. The first kappa shape index (κ1) is 21.5. The van der Waals surface area contributed by atoms with Gasteiger partial charge in [0, 0.05) is 12.2 Å². The average molecular weight is 476 g/mol. The third-order valence-electron chi connectivity index (χ3n) is 4.16. The molecule has 0 bridgehead atoms. The second kappa shape index (κ2) is 9.53. The molecule has 30 heavy (non-hydrogen) atoms. The maximum absolute atomic E-state index is 12.9. The quantitative estimate of drug-likeness (QED) is 0.469. The largest absolute Gasteiger partial charge is 0.483 e. The van der Waals surface area contributed by atoms with E-state index in [1.165, 1.54) is 24.3 Å². The zero-order valence-corrected chi connectivity index (χ0v) is 17.7. The zero-order valence-electron chi connectivity index (χ0n) is 16.1. The normalized spacial score (nSPS) is 14.8. The van der Waals surface area contributed by atoms with Gasteiger partial charge in [0.25, 0.3) is 11.8 Å². The van der Waals surface area contributed by atoms with Gasteiger partial charge in [-0.25, -0.2) is 9.18 Å². The van der Waals surface area contributed by atoms with Crippen LogP contribution in [0.15, 0.2) is 52.6 Å². The molecule has 0 atom stereocenters. The van der Waals surface area contributed by atoms with E-state index in [9.17, 15) is 18.8 Å². The average Bonchev–Trinajstić information content (AvgIpc) is 2.97. The number of hydrogen-bond acceptors (Lipinski definition) is 4. The van der Waals surface area contributed by atoms with Gasteiger partial charge in [0.15, 0.2) is 6.61 Å². The molecule has 156 valence electrons. The molecule has 9 heteroatoms. The summed E-state index contributed by atoms with van der Waals surface area (Å²) in [7, 11) is 0. The van der Waals surface area contributed by atoms with E-state index >= 15 is 0 Å². The molecule has 1 saturated heterocycles. The van der Waals surface area contributed by atoms with Gasteiger partial charge in [-0.05, 0) is 70.4 Å². The molecule has 0 spiro atoms. The molecule has 4 amide bonds. The molecule has 2 aromatic carbocycles. The highest BCUT2D eigenvalue weighted by molar-refractivity contribution is 9.10. The second-order valence-corrected chi connectivity index (χ2v) is 7.33. The van der Waals surface area contributed by atoms with Crippen LogP contribution in [0.5, 0.6) is 5.75 Å². The standard InChI is InChI=1S/C21H19BrFN3O4/c1-2-9-26-20(28)17(25-21(26)29)11-13-3-8-18(16(22)10-13)30-12-19(27)24-15-6-4-14(23)5-7-15/h3-8,10-11H,2,9,12H2,1H3,(H,24,27)(H,25,29)/b17-11+. The van der Waals surface area contributed by atoms with Crippen LogP contribution in [0.3, 0.4) is 0 Å². The molecule has 2 N–H and O–H groups in total. The number of hydrogen-bond donors (Lipinski definition) is 2. The minimum Gasteiger partial charge on any atom is -0.483 e. The summed E-state index contributed by atoms with van der Waals surface area (Å²) < 4.78 is 19.0. The van der Waals surface area contributed by atoms with Gasteiger partial charge in [-0.3, -0.25) is 14.5 Å². The number of nitrogens with one attached hydrogen (secondary N) is 2. The highest BCUT2D eigenvalue weighted by atomic mass is 79.9. The Morgan fingerprint density at radius 1 is 1.23 bits per heavy atom. The van der Waals surface area contributed by atoms with Crippen LogP contribution in [0.25, 0.3) is 6.08 Å². The predicted molar refractivity (Wildman–Crippen MR) is 113 cm³/mol. The van der Waals surface area contributed by atoms with E-state index in [0.29, 0.717) is 34.4 Å². The third-order valence-corrected chi connectivity index (χ3v) is 4.78. The Morgan fingerprint density at radius 3 is 2.63 bits per heavy atom. The van der Waals surface area contributed by atoms with Crippen molar-refractivity contribution in [3.05, 3.63) is 64.0 Å². The van der Waals surface area contributed by atoms with Crippen LogP contribution in [0, 0.1) is 5.82 Å². The van der Waals surface area contributed by atoms with Gasteiger partial charge in [0.1, 0.15) is 17.3 Å². The van der Waals surface area contributed by atoms with Gasteiger partial charge in [0.2, 0.25) is 0 Å². The first-order valence-corrected chi connectivity index (χ1v) is 9.99. The summed E-state index contributed by atoms with van der Waals surface area (Å²) in [5.41, 5.74) is 1.34. The molecule has 1 aliphatic rings. The van der Waals surface area contributed by atoms with Crippen molar-refractivity contribution >= 4 is 45.5 Å². The molecule has 3 rings (SSSR count). The van der Waals surface area contributed by atoms with Crippen LogP contribution < -0.4 is 15.4 Å². The van der Waals surface area contributed by atoms with Crippen molar-refractivity contribution in [2.45, 2.75) is 13.3 Å². The molecule has 1 aliphatic heterocycles. The molecule has 0 saturated carbocycles. The van der Waals surface area contributed by atoms with Crippen molar-refractivity contribution in [1.29, 1.82) is 0 Å². The number of urea groups is 1. The Morgan fingerprint density at radius 2 is 1.97 bits per heavy atom. The lowest BCUT2D eigenvalue weighted by Crippen LogP contribution is -2.31. The summed E-state index contributed by atoms with van der Waals surface area (Å²) in [5, 5.41) is 5.17. The Balaban J connectivity index is 1.61. The Hall–Kier alpha value is -3.20. The zero-order chi connectivity index (χ0) is 21.7. The van der Waals surface area contributed by atoms with Crippen LogP contribution >= 0.6 is 15.9 Å². The molecular formula is C21H19BrFN3O4. The predicted octanol–water partition coefficient (Wildman–Crippen LogP) is 3.91. The topological polar surface area (TPSA) is 87.7 Å². The van der Waals surface area contributed by atoms with Crippen molar-refractivity contribution < 1.29 is 23.5 Å². The highest BCUT2D eigenvalue weighted by Gasteiger charge is 2.32. The maximum atomic E-state index is 12.9. The second-order valence-electron chi connectivity index (χ2n) is 6.48. The minimum absolute atomic E-state index is 0.202. The number of benzene rings is 2. The lowest BCUT2D eigenvalue weighted by atomic mass is 10.2. The number of carbonyl (C=O) groups excluding carboxylic acids is 3. The van der Waals surface area contributed by atoms with Crippen molar-refractivity contribution in [3.8, 4) is 5.75 Å². The molecule has 7 nitrogen and oxygen atoms in total. The molecule has 0 aliphatic carbocycles. The van der Waals surface area contributed by atoms with Crippen molar-refractivity contribution in [2.75, 3.05) is 18.5 Å². The van der Waals surface area contributed by atoms with E-state index in [-0.39, 0.29) is 24.0 Å². The van der Waals surface area contributed by atoms with Crippen LogP contribution in [-0.4, -0.2) is 35.9 Å². The molecule has 0 unspecified atom stereocenters. The van der Waals surface area contributed by atoms with Crippen molar-refractivity contribution in [2.24, 2.45) is 0 Å². The monoisotopic (exact) mass is 475 g/mol. The number of rotatable bonds is 7. The maximum Gasteiger partial charge on any atom is 0.329 e. The van der Waals surface area contributed by atoms with Crippen LogP contribution in [-0.2, 0) is 9.59 Å². The van der Waals surface area contributed by atoms with Crippen LogP contribution in [0.2, 0.25) is 0 Å². The minimum atomic E-state index is -0.431. The fourth-order valence-electron chi connectivity index (χ4n) is 2.76. The van der Waals surface area contributed by atoms with E-state index in [0.717, 1.165) is 4.90 Å². The number of ether oxygens (including phenoxy) is 1. The summed E-state index contributed by atoms with van der Waals surface area (Å²) in [4.78, 5) is 37.3. The molecular weight excluding hydrogens is 457 g/mol. The van der Waals surface area contributed by atoms with E-state index in [1.54, 1.807) is 24.3 Å². The van der Waals surface area contributed by atoms with Crippen LogP contribution in [0.1, 0.15) is 18.9 Å². The Bertz CT molecular complexity index is 1010. The summed E-state index contributed by atoms with van der Waals surface area (Å²) >= 11 is 3.37. The number of carbonyl (C=O) groups is 3.